The molecule has 0 aliphatic heterocycles. The first-order chi connectivity index (χ1) is 14.3. The zero-order chi connectivity index (χ0) is 20.1. The summed E-state index contributed by atoms with van der Waals surface area (Å²) in [6.45, 7) is 2.09. The first-order valence-electron chi connectivity index (χ1n) is 9.67. The molecular formula is C25H22N4. The van der Waals surface area contributed by atoms with Gasteiger partial charge in [-0.15, -0.1) is 0 Å². The van der Waals surface area contributed by atoms with E-state index in [1.807, 2.05) is 78.9 Å². The maximum absolute atomic E-state index is 6.32. The summed E-state index contributed by atoms with van der Waals surface area (Å²) in [5.74, 6) is 1.69. The zero-order valence-corrected chi connectivity index (χ0v) is 16.3. The number of nitrogens with zero attached hydrogens (tertiary/aromatic N) is 3. The predicted molar refractivity (Wildman–Crippen MR) is 119 cm³/mol. The summed E-state index contributed by atoms with van der Waals surface area (Å²) >= 11 is 0. The van der Waals surface area contributed by atoms with Gasteiger partial charge in [-0.3, -0.25) is 0 Å². The molecule has 0 saturated carbocycles. The van der Waals surface area contributed by atoms with Crippen molar-refractivity contribution in [1.82, 2.24) is 9.97 Å². The third-order valence-electron chi connectivity index (χ3n) is 4.71. The molecular weight excluding hydrogens is 356 g/mol. The number of nitrogens with two attached hydrogens (primary N) is 1. The zero-order valence-electron chi connectivity index (χ0n) is 16.3. The molecule has 1 heterocycles. The van der Waals surface area contributed by atoms with Gasteiger partial charge in [0.25, 0.3) is 0 Å². The van der Waals surface area contributed by atoms with Crippen LogP contribution in [0, 0.1) is 0 Å². The van der Waals surface area contributed by atoms with E-state index in [4.69, 9.17) is 20.7 Å². The molecule has 0 unspecified atom stereocenters. The average Bonchev–Trinajstić information content (AvgIpc) is 2.80. The summed E-state index contributed by atoms with van der Waals surface area (Å²) in [6, 6.07) is 29.8. The fraction of sp³-hybridized carbons (Fsp3) is 0.0800. The second kappa shape index (κ2) is 8.48. The number of aromatic nitrogens is 2. The monoisotopic (exact) mass is 378 g/mol. The molecule has 4 heteroatoms. The van der Waals surface area contributed by atoms with Crippen LogP contribution in [-0.4, -0.2) is 15.8 Å². The molecule has 4 rings (SSSR count). The summed E-state index contributed by atoms with van der Waals surface area (Å²) < 4.78 is 0. The average molecular weight is 378 g/mol. The number of hydrogen-bond acceptors (Lipinski definition) is 3. The Hall–Kier alpha value is -3.79. The van der Waals surface area contributed by atoms with E-state index in [2.05, 4.69) is 19.1 Å². The highest BCUT2D eigenvalue weighted by Gasteiger charge is 2.16. The Morgan fingerprint density at radius 2 is 1.31 bits per heavy atom. The van der Waals surface area contributed by atoms with Crippen LogP contribution in [0.25, 0.3) is 22.6 Å². The van der Waals surface area contributed by atoms with Gasteiger partial charge in [0.05, 0.1) is 5.69 Å². The molecule has 0 amide bonds. The van der Waals surface area contributed by atoms with Gasteiger partial charge in [-0.2, -0.15) is 0 Å². The Balaban J connectivity index is 1.94. The molecule has 0 aliphatic rings. The molecule has 3 aromatic carbocycles. The highest BCUT2D eigenvalue weighted by molar-refractivity contribution is 5.99. The van der Waals surface area contributed by atoms with Gasteiger partial charge in [0.2, 0.25) is 0 Å². The topological polar surface area (TPSA) is 64.2 Å². The van der Waals surface area contributed by atoms with Crippen LogP contribution >= 0.6 is 0 Å². The number of benzene rings is 3. The Labute approximate surface area is 170 Å². The van der Waals surface area contributed by atoms with E-state index in [1.165, 1.54) is 0 Å². The number of aliphatic imine (C=N–C) groups is 1. The van der Waals surface area contributed by atoms with Gasteiger partial charge in [0, 0.05) is 22.3 Å². The van der Waals surface area contributed by atoms with Gasteiger partial charge in [0.1, 0.15) is 5.84 Å². The van der Waals surface area contributed by atoms with Gasteiger partial charge in [-0.1, -0.05) is 97.9 Å². The lowest BCUT2D eigenvalue weighted by Crippen LogP contribution is -2.13. The van der Waals surface area contributed by atoms with Crippen LogP contribution in [0.1, 0.15) is 18.1 Å². The van der Waals surface area contributed by atoms with Crippen LogP contribution in [0.5, 0.6) is 0 Å². The Morgan fingerprint density at radius 3 is 1.90 bits per heavy atom. The van der Waals surface area contributed by atoms with Crippen LogP contribution in [0.3, 0.4) is 0 Å². The fourth-order valence-corrected chi connectivity index (χ4v) is 3.23. The van der Waals surface area contributed by atoms with E-state index in [0.29, 0.717) is 17.5 Å². The molecule has 0 bridgehead atoms. The molecule has 0 aliphatic carbocycles. The SMILES string of the molecule is CCc1c(N=C(N)c2ccccc2)nc(-c2ccccc2)nc1-c1ccccc1. The minimum atomic E-state index is 0.442. The predicted octanol–water partition coefficient (Wildman–Crippen LogP) is 5.41. The summed E-state index contributed by atoms with van der Waals surface area (Å²) in [5, 5.41) is 0. The minimum Gasteiger partial charge on any atom is -0.383 e. The van der Waals surface area contributed by atoms with Crippen molar-refractivity contribution in [2.75, 3.05) is 0 Å². The van der Waals surface area contributed by atoms with Crippen molar-refractivity contribution in [2.45, 2.75) is 13.3 Å². The lowest BCUT2D eigenvalue weighted by Gasteiger charge is -2.13. The van der Waals surface area contributed by atoms with Crippen LogP contribution in [0.4, 0.5) is 5.82 Å². The van der Waals surface area contributed by atoms with Crippen molar-refractivity contribution in [3.63, 3.8) is 0 Å². The van der Waals surface area contributed by atoms with Crippen LogP contribution in [0.15, 0.2) is 96.0 Å². The Bertz CT molecular complexity index is 1120. The molecule has 0 saturated heterocycles. The quantitative estimate of drug-likeness (QED) is 0.373. The smallest absolute Gasteiger partial charge is 0.162 e. The second-order valence-corrected chi connectivity index (χ2v) is 6.65. The number of amidine groups is 1. The van der Waals surface area contributed by atoms with Crippen LogP contribution < -0.4 is 5.73 Å². The fourth-order valence-electron chi connectivity index (χ4n) is 3.23. The Morgan fingerprint density at radius 1 is 0.759 bits per heavy atom. The second-order valence-electron chi connectivity index (χ2n) is 6.65. The molecule has 1 aromatic heterocycles. The standard InChI is InChI=1S/C25H22N4/c1-2-21-22(18-12-6-3-7-13-18)27-24(20-16-10-5-11-17-20)29-25(21)28-23(26)19-14-8-4-9-15-19/h3-17H,2H2,1H3,(H2,26,27,28,29). The largest absolute Gasteiger partial charge is 0.383 e. The van der Waals surface area contributed by atoms with E-state index in [9.17, 15) is 0 Å². The van der Waals surface area contributed by atoms with E-state index in [-0.39, 0.29) is 0 Å². The van der Waals surface area contributed by atoms with E-state index < -0.39 is 0 Å². The first kappa shape index (κ1) is 18.6. The van der Waals surface area contributed by atoms with E-state index in [1.54, 1.807) is 0 Å². The summed E-state index contributed by atoms with van der Waals surface area (Å²) in [4.78, 5) is 14.4. The molecule has 0 radical (unpaired) electrons. The van der Waals surface area contributed by atoms with Crippen molar-refractivity contribution in [1.29, 1.82) is 0 Å². The lowest BCUT2D eigenvalue weighted by atomic mass is 10.0. The maximum Gasteiger partial charge on any atom is 0.162 e. The third-order valence-corrected chi connectivity index (χ3v) is 4.71. The molecule has 0 spiro atoms. The van der Waals surface area contributed by atoms with E-state index in [0.717, 1.165) is 34.4 Å². The van der Waals surface area contributed by atoms with E-state index >= 15 is 0 Å². The lowest BCUT2D eigenvalue weighted by molar-refractivity contribution is 1.05. The molecule has 142 valence electrons. The third kappa shape index (κ3) is 4.06. The van der Waals surface area contributed by atoms with Gasteiger partial charge >= 0.3 is 0 Å². The number of rotatable bonds is 5. The summed E-state index contributed by atoms with van der Waals surface area (Å²) in [6.07, 6.45) is 0.750. The van der Waals surface area contributed by atoms with Crippen molar-refractivity contribution >= 4 is 11.7 Å². The molecule has 29 heavy (non-hydrogen) atoms. The van der Waals surface area contributed by atoms with Crippen molar-refractivity contribution in [3.05, 3.63) is 102 Å². The first-order valence-corrected chi connectivity index (χ1v) is 9.67. The summed E-state index contributed by atoms with van der Waals surface area (Å²) in [5.41, 5.74) is 11.0. The van der Waals surface area contributed by atoms with Gasteiger partial charge in [-0.05, 0) is 6.42 Å². The molecule has 4 aromatic rings. The van der Waals surface area contributed by atoms with Gasteiger partial charge in [-0.25, -0.2) is 15.0 Å². The number of hydrogen-bond donors (Lipinski definition) is 1. The van der Waals surface area contributed by atoms with Crippen molar-refractivity contribution in [3.8, 4) is 22.6 Å². The Kier molecular flexibility index (Phi) is 5.43. The summed E-state index contributed by atoms with van der Waals surface area (Å²) in [7, 11) is 0. The molecule has 2 N–H and O–H groups in total. The molecule has 0 atom stereocenters. The van der Waals surface area contributed by atoms with Crippen molar-refractivity contribution < 1.29 is 0 Å². The van der Waals surface area contributed by atoms with Crippen LogP contribution in [0.2, 0.25) is 0 Å². The molecule has 0 fully saturated rings. The normalized spacial score (nSPS) is 11.4. The highest BCUT2D eigenvalue weighted by Crippen LogP contribution is 2.31. The molecule has 4 nitrogen and oxygen atoms in total. The van der Waals surface area contributed by atoms with Crippen LogP contribution in [-0.2, 0) is 6.42 Å². The highest BCUT2D eigenvalue weighted by atomic mass is 15.0. The van der Waals surface area contributed by atoms with Crippen molar-refractivity contribution in [2.24, 2.45) is 10.7 Å². The van der Waals surface area contributed by atoms with Gasteiger partial charge in [0.15, 0.2) is 11.6 Å². The minimum absolute atomic E-state index is 0.442. The van der Waals surface area contributed by atoms with Gasteiger partial charge < -0.3 is 5.73 Å². The maximum atomic E-state index is 6.32.